The Morgan fingerprint density at radius 3 is 2.74 bits per heavy atom. The van der Waals surface area contributed by atoms with Crippen molar-refractivity contribution in [2.45, 2.75) is 18.7 Å². The molecule has 2 N–H and O–H groups in total. The second kappa shape index (κ2) is 5.67. The van der Waals surface area contributed by atoms with E-state index in [1.165, 1.54) is 0 Å². The van der Waals surface area contributed by atoms with Gasteiger partial charge in [-0.15, -0.1) is 11.8 Å². The smallest absolute Gasteiger partial charge is 0.258 e. The number of carbonyl (C=O) groups is 1. The minimum atomic E-state index is -0.254. The molecule has 4 nitrogen and oxygen atoms in total. The molecule has 0 radical (unpaired) electrons. The molecule has 0 aliphatic carbocycles. The predicted molar refractivity (Wildman–Crippen MR) is 79.2 cm³/mol. The molecule has 1 aromatic heterocycles. The number of nitrogens with zero attached hydrogens (tertiary/aromatic N) is 1. The van der Waals surface area contributed by atoms with Crippen LogP contribution in [0.3, 0.4) is 0 Å². The van der Waals surface area contributed by atoms with Crippen molar-refractivity contribution in [3.63, 3.8) is 0 Å². The molecule has 1 amide bonds. The largest absolute Gasteiger partial charge is 0.305 e. The molecule has 19 heavy (non-hydrogen) atoms. The Hall–Kier alpha value is -1.46. The summed E-state index contributed by atoms with van der Waals surface area (Å²) in [5.74, 6) is 0.281. The number of aryl methyl sites for hydroxylation is 1. The van der Waals surface area contributed by atoms with Crippen LogP contribution >= 0.6 is 23.4 Å². The van der Waals surface area contributed by atoms with Gasteiger partial charge < -0.3 is 5.32 Å². The van der Waals surface area contributed by atoms with Crippen LogP contribution in [0, 0.1) is 13.8 Å². The van der Waals surface area contributed by atoms with Crippen molar-refractivity contribution in [1.82, 2.24) is 10.2 Å². The van der Waals surface area contributed by atoms with Gasteiger partial charge in [-0.05, 0) is 38.3 Å². The van der Waals surface area contributed by atoms with E-state index in [0.29, 0.717) is 16.4 Å². The minimum Gasteiger partial charge on any atom is -0.305 e. The molecule has 2 rings (SSSR count). The Labute approximate surface area is 120 Å². The molecule has 0 fully saturated rings. The summed E-state index contributed by atoms with van der Waals surface area (Å²) < 4.78 is 0. The van der Waals surface area contributed by atoms with Crippen LogP contribution in [0.15, 0.2) is 23.1 Å². The van der Waals surface area contributed by atoms with Gasteiger partial charge in [0.2, 0.25) is 0 Å². The number of benzene rings is 1. The number of carbonyl (C=O) groups excluding carboxylic acids is 1. The lowest BCUT2D eigenvalue weighted by Crippen LogP contribution is -2.13. The fraction of sp³-hybridized carbons (Fsp3) is 0.231. The zero-order valence-corrected chi connectivity index (χ0v) is 12.4. The molecule has 0 unspecified atom stereocenters. The third-order valence-corrected chi connectivity index (χ3v) is 3.96. The molecule has 0 aliphatic rings. The van der Waals surface area contributed by atoms with Gasteiger partial charge in [-0.1, -0.05) is 11.6 Å². The topological polar surface area (TPSA) is 57.8 Å². The summed E-state index contributed by atoms with van der Waals surface area (Å²) >= 11 is 7.62. The molecule has 6 heteroatoms. The maximum Gasteiger partial charge on any atom is 0.258 e. The minimum absolute atomic E-state index is 0.254. The highest BCUT2D eigenvalue weighted by atomic mass is 35.5. The Balaban J connectivity index is 2.27. The van der Waals surface area contributed by atoms with Crippen LogP contribution in [-0.4, -0.2) is 22.4 Å². The van der Waals surface area contributed by atoms with E-state index in [1.807, 2.05) is 26.2 Å². The molecule has 100 valence electrons. The third kappa shape index (κ3) is 2.93. The molecule has 1 aromatic carbocycles. The van der Waals surface area contributed by atoms with Crippen molar-refractivity contribution in [1.29, 1.82) is 0 Å². The standard InChI is InChI=1S/C13H14ClN3OS/c1-7-8(2)16-17-12(7)15-13(18)10-6-9(19-3)4-5-11(10)14/h4-6H,1-3H3,(H2,15,16,17,18). The van der Waals surface area contributed by atoms with E-state index in [1.54, 1.807) is 23.9 Å². The number of hydrogen-bond donors (Lipinski definition) is 2. The van der Waals surface area contributed by atoms with Crippen LogP contribution in [0.4, 0.5) is 5.82 Å². The van der Waals surface area contributed by atoms with Crippen LogP contribution in [0.2, 0.25) is 5.02 Å². The molecule has 0 saturated heterocycles. The van der Waals surface area contributed by atoms with Crippen LogP contribution in [0.25, 0.3) is 0 Å². The van der Waals surface area contributed by atoms with E-state index < -0.39 is 0 Å². The number of anilines is 1. The average Bonchev–Trinajstić information content (AvgIpc) is 2.71. The summed E-state index contributed by atoms with van der Waals surface area (Å²) in [6.45, 7) is 3.80. The van der Waals surface area contributed by atoms with Gasteiger partial charge in [-0.3, -0.25) is 9.89 Å². The first kappa shape index (κ1) is 14.0. The lowest BCUT2D eigenvalue weighted by atomic mass is 10.2. The molecule has 0 spiro atoms. The molecular formula is C13H14ClN3OS. The Bertz CT molecular complexity index is 624. The second-order valence-electron chi connectivity index (χ2n) is 4.12. The van der Waals surface area contributed by atoms with E-state index in [4.69, 9.17) is 11.6 Å². The molecule has 0 aliphatic heterocycles. The van der Waals surface area contributed by atoms with Crippen molar-refractivity contribution >= 4 is 35.1 Å². The van der Waals surface area contributed by atoms with Crippen molar-refractivity contribution in [3.05, 3.63) is 40.0 Å². The first-order chi connectivity index (χ1) is 9.02. The summed E-state index contributed by atoms with van der Waals surface area (Å²) in [5, 5.41) is 10.1. The number of H-pyrrole nitrogens is 1. The summed E-state index contributed by atoms with van der Waals surface area (Å²) in [4.78, 5) is 13.2. The maximum atomic E-state index is 12.2. The Morgan fingerprint density at radius 1 is 1.42 bits per heavy atom. The highest BCUT2D eigenvalue weighted by Gasteiger charge is 2.14. The normalized spacial score (nSPS) is 10.5. The van der Waals surface area contributed by atoms with Gasteiger partial charge in [-0.2, -0.15) is 5.10 Å². The number of amides is 1. The molecule has 0 bridgehead atoms. The lowest BCUT2D eigenvalue weighted by molar-refractivity contribution is 0.102. The highest BCUT2D eigenvalue weighted by Crippen LogP contribution is 2.24. The van der Waals surface area contributed by atoms with E-state index in [0.717, 1.165) is 16.2 Å². The quantitative estimate of drug-likeness (QED) is 0.850. The number of nitrogens with one attached hydrogen (secondary N) is 2. The number of aromatic nitrogens is 2. The van der Waals surface area contributed by atoms with Crippen molar-refractivity contribution in [2.24, 2.45) is 0 Å². The molecule has 1 heterocycles. The van der Waals surface area contributed by atoms with Gasteiger partial charge >= 0.3 is 0 Å². The Morgan fingerprint density at radius 2 is 2.16 bits per heavy atom. The molecule has 0 saturated carbocycles. The fourth-order valence-corrected chi connectivity index (χ4v) is 2.23. The van der Waals surface area contributed by atoms with Crippen molar-refractivity contribution < 1.29 is 4.79 Å². The van der Waals surface area contributed by atoms with Gasteiger partial charge in [-0.25, -0.2) is 0 Å². The summed E-state index contributed by atoms with van der Waals surface area (Å²) in [6, 6.07) is 5.38. The van der Waals surface area contributed by atoms with Gasteiger partial charge in [0.1, 0.15) is 0 Å². The number of thioether (sulfide) groups is 1. The van der Waals surface area contributed by atoms with Crippen LogP contribution in [-0.2, 0) is 0 Å². The van der Waals surface area contributed by atoms with E-state index in [9.17, 15) is 4.79 Å². The third-order valence-electron chi connectivity index (χ3n) is 2.90. The van der Waals surface area contributed by atoms with Crippen LogP contribution in [0.1, 0.15) is 21.6 Å². The zero-order chi connectivity index (χ0) is 14.0. The SMILES string of the molecule is CSc1ccc(Cl)c(C(=O)Nc2n[nH]c(C)c2C)c1. The van der Waals surface area contributed by atoms with Gasteiger partial charge in [0.15, 0.2) is 5.82 Å². The number of halogens is 1. The first-order valence-corrected chi connectivity index (χ1v) is 7.29. The number of aromatic amines is 1. The van der Waals surface area contributed by atoms with Crippen LogP contribution in [0.5, 0.6) is 0 Å². The zero-order valence-electron chi connectivity index (χ0n) is 10.9. The Kier molecular flexibility index (Phi) is 4.17. The van der Waals surface area contributed by atoms with Gasteiger partial charge in [0.05, 0.1) is 10.6 Å². The lowest BCUT2D eigenvalue weighted by Gasteiger charge is -2.07. The molecule has 0 atom stereocenters. The first-order valence-electron chi connectivity index (χ1n) is 5.69. The number of hydrogen-bond acceptors (Lipinski definition) is 3. The molecule has 2 aromatic rings. The highest BCUT2D eigenvalue weighted by molar-refractivity contribution is 7.98. The number of rotatable bonds is 3. The fourth-order valence-electron chi connectivity index (χ4n) is 1.59. The second-order valence-corrected chi connectivity index (χ2v) is 5.41. The summed E-state index contributed by atoms with van der Waals surface area (Å²) in [7, 11) is 0. The van der Waals surface area contributed by atoms with Crippen LogP contribution < -0.4 is 5.32 Å². The monoisotopic (exact) mass is 295 g/mol. The van der Waals surface area contributed by atoms with Gasteiger partial charge in [0.25, 0.3) is 5.91 Å². The average molecular weight is 296 g/mol. The van der Waals surface area contributed by atoms with Crippen molar-refractivity contribution in [2.75, 3.05) is 11.6 Å². The van der Waals surface area contributed by atoms with Crippen molar-refractivity contribution in [3.8, 4) is 0 Å². The van der Waals surface area contributed by atoms with E-state index in [-0.39, 0.29) is 5.91 Å². The summed E-state index contributed by atoms with van der Waals surface area (Å²) in [6.07, 6.45) is 1.95. The predicted octanol–water partition coefficient (Wildman–Crippen LogP) is 3.65. The summed E-state index contributed by atoms with van der Waals surface area (Å²) in [5.41, 5.74) is 2.30. The van der Waals surface area contributed by atoms with E-state index >= 15 is 0 Å². The maximum absolute atomic E-state index is 12.2. The van der Waals surface area contributed by atoms with Gasteiger partial charge in [0, 0.05) is 16.2 Å². The van der Waals surface area contributed by atoms with E-state index in [2.05, 4.69) is 15.5 Å². The molecular weight excluding hydrogens is 282 g/mol.